The van der Waals surface area contributed by atoms with Crippen molar-refractivity contribution in [2.45, 2.75) is 33.2 Å². The van der Waals surface area contributed by atoms with Gasteiger partial charge in [0.25, 0.3) is 0 Å². The Hall–Kier alpha value is -1.51. The number of rotatable bonds is 7. The molecule has 1 amide bonds. The van der Waals surface area contributed by atoms with Crippen LogP contribution < -0.4 is 5.73 Å². The first kappa shape index (κ1) is 14.5. The third kappa shape index (κ3) is 4.82. The van der Waals surface area contributed by atoms with Gasteiger partial charge in [-0.3, -0.25) is 4.79 Å². The number of allylic oxidation sites excluding steroid dienone is 3. The third-order valence-electron chi connectivity index (χ3n) is 2.18. The fourth-order valence-electron chi connectivity index (χ4n) is 1.46. The highest BCUT2D eigenvalue weighted by Crippen LogP contribution is 2.16. The molecule has 1 atom stereocenters. The molecule has 0 aliphatic heterocycles. The molecular weight excluding hydrogens is 200 g/mol. The van der Waals surface area contributed by atoms with Crippen LogP contribution in [0.4, 0.5) is 0 Å². The highest BCUT2D eigenvalue weighted by Gasteiger charge is 2.22. The van der Waals surface area contributed by atoms with Crippen LogP contribution in [0, 0.1) is 5.92 Å². The van der Waals surface area contributed by atoms with E-state index in [0.29, 0.717) is 12.3 Å². The van der Waals surface area contributed by atoms with Crippen LogP contribution in [0.3, 0.4) is 0 Å². The molecule has 0 aromatic heterocycles. The van der Waals surface area contributed by atoms with Gasteiger partial charge in [-0.2, -0.15) is 0 Å². The molecule has 0 aromatic carbocycles. The number of nitrogens with zero attached hydrogens (tertiary/aromatic N) is 1. The lowest BCUT2D eigenvalue weighted by molar-refractivity contribution is -0.122. The van der Waals surface area contributed by atoms with E-state index < -0.39 is 0 Å². The van der Waals surface area contributed by atoms with E-state index in [0.717, 1.165) is 5.70 Å². The van der Waals surface area contributed by atoms with Gasteiger partial charge in [0.1, 0.15) is 6.04 Å². The molecule has 0 rings (SSSR count). The molecule has 2 N–H and O–H groups in total. The van der Waals surface area contributed by atoms with Gasteiger partial charge in [-0.05, 0) is 25.3 Å². The smallest absolute Gasteiger partial charge is 0.240 e. The Balaban J connectivity index is 0. The van der Waals surface area contributed by atoms with Crippen molar-refractivity contribution in [3.63, 3.8) is 0 Å². The van der Waals surface area contributed by atoms with Crippen molar-refractivity contribution in [3.8, 4) is 0 Å². The lowest BCUT2D eigenvalue weighted by atomic mass is 10.0. The number of carbonyl (C=O) groups is 1. The summed E-state index contributed by atoms with van der Waals surface area (Å²) in [5, 5.41) is 0. The standard InChI is InChI=1S/C13H22N2O.H2/c1-6-7-8-15(11(4)5)12(13(14)16)9-10(2)3;/h6-8,10,12H,1,4,9H2,2-3,5H3,(H2,14,16);1H/b8-7-;. The lowest BCUT2D eigenvalue weighted by Gasteiger charge is -2.29. The van der Waals surface area contributed by atoms with E-state index in [1.807, 2.05) is 6.92 Å². The summed E-state index contributed by atoms with van der Waals surface area (Å²) in [5.74, 6) is 0.0712. The van der Waals surface area contributed by atoms with Crippen molar-refractivity contribution in [3.05, 3.63) is 37.2 Å². The molecular formula is C13H24N2O. The van der Waals surface area contributed by atoms with Gasteiger partial charge in [0.15, 0.2) is 0 Å². The molecule has 0 aliphatic carbocycles. The zero-order valence-corrected chi connectivity index (χ0v) is 10.4. The maximum Gasteiger partial charge on any atom is 0.240 e. The highest BCUT2D eigenvalue weighted by molar-refractivity contribution is 5.80. The van der Waals surface area contributed by atoms with Gasteiger partial charge in [0, 0.05) is 13.3 Å². The minimum absolute atomic E-state index is 0. The molecule has 0 aromatic rings. The summed E-state index contributed by atoms with van der Waals surface area (Å²) >= 11 is 0. The first-order valence-electron chi connectivity index (χ1n) is 5.42. The van der Waals surface area contributed by atoms with Gasteiger partial charge in [-0.15, -0.1) is 0 Å². The van der Waals surface area contributed by atoms with Gasteiger partial charge < -0.3 is 10.6 Å². The maximum absolute atomic E-state index is 11.4. The van der Waals surface area contributed by atoms with Crippen molar-refractivity contribution in [2.24, 2.45) is 11.7 Å². The Morgan fingerprint density at radius 2 is 2.12 bits per heavy atom. The first-order valence-corrected chi connectivity index (χ1v) is 5.42. The molecule has 3 heteroatoms. The fourth-order valence-corrected chi connectivity index (χ4v) is 1.46. The van der Waals surface area contributed by atoms with Gasteiger partial charge in [-0.25, -0.2) is 0 Å². The Kier molecular flexibility index (Phi) is 6.23. The Labute approximate surface area is 99.8 Å². The monoisotopic (exact) mass is 224 g/mol. The van der Waals surface area contributed by atoms with Crippen molar-refractivity contribution in [1.29, 1.82) is 0 Å². The fraction of sp³-hybridized carbons (Fsp3) is 0.462. The summed E-state index contributed by atoms with van der Waals surface area (Å²) in [5.41, 5.74) is 6.21. The molecule has 0 radical (unpaired) electrons. The molecule has 0 saturated heterocycles. The summed E-state index contributed by atoms with van der Waals surface area (Å²) in [6.45, 7) is 13.4. The third-order valence-corrected chi connectivity index (χ3v) is 2.18. The normalized spacial score (nSPS) is 12.8. The van der Waals surface area contributed by atoms with Crippen LogP contribution in [0.1, 0.15) is 28.6 Å². The van der Waals surface area contributed by atoms with Crippen LogP contribution in [0.2, 0.25) is 0 Å². The van der Waals surface area contributed by atoms with Crippen LogP contribution >= 0.6 is 0 Å². The van der Waals surface area contributed by atoms with Crippen molar-refractivity contribution >= 4 is 5.91 Å². The van der Waals surface area contributed by atoms with Gasteiger partial charge in [0.2, 0.25) is 5.91 Å². The number of primary amides is 1. The molecule has 0 bridgehead atoms. The van der Waals surface area contributed by atoms with Crippen LogP contribution in [-0.4, -0.2) is 16.8 Å². The van der Waals surface area contributed by atoms with E-state index in [4.69, 9.17) is 5.73 Å². The van der Waals surface area contributed by atoms with Crippen LogP contribution in [-0.2, 0) is 4.79 Å². The second-order valence-corrected chi connectivity index (χ2v) is 4.27. The van der Waals surface area contributed by atoms with Crippen LogP contribution in [0.15, 0.2) is 37.2 Å². The molecule has 0 saturated carbocycles. The second kappa shape index (κ2) is 6.88. The summed E-state index contributed by atoms with van der Waals surface area (Å²) < 4.78 is 0. The average molecular weight is 224 g/mol. The van der Waals surface area contributed by atoms with Crippen molar-refractivity contribution in [1.82, 2.24) is 4.90 Å². The lowest BCUT2D eigenvalue weighted by Crippen LogP contribution is -2.41. The predicted molar refractivity (Wildman–Crippen MR) is 70.5 cm³/mol. The first-order chi connectivity index (χ1) is 7.40. The zero-order chi connectivity index (χ0) is 12.7. The van der Waals surface area contributed by atoms with E-state index in [1.165, 1.54) is 0 Å². The Bertz CT molecular complexity index is 298. The SMILES string of the molecule is C=C/C=C\N(C(=C)C)C(CC(C)C)C(N)=O.[HH]. The van der Waals surface area contributed by atoms with Crippen LogP contribution in [0.5, 0.6) is 0 Å². The van der Waals surface area contributed by atoms with E-state index in [2.05, 4.69) is 27.0 Å². The second-order valence-electron chi connectivity index (χ2n) is 4.27. The van der Waals surface area contributed by atoms with E-state index in [9.17, 15) is 4.79 Å². The molecule has 16 heavy (non-hydrogen) atoms. The van der Waals surface area contributed by atoms with E-state index in [-0.39, 0.29) is 13.4 Å². The largest absolute Gasteiger partial charge is 0.368 e. The van der Waals surface area contributed by atoms with Crippen molar-refractivity contribution < 1.29 is 6.22 Å². The quantitative estimate of drug-likeness (QED) is 0.676. The molecule has 92 valence electrons. The Morgan fingerprint density at radius 3 is 2.44 bits per heavy atom. The summed E-state index contributed by atoms with van der Waals surface area (Å²) in [6.07, 6.45) is 5.92. The molecule has 0 aliphatic rings. The minimum atomic E-state index is -0.339. The number of carbonyl (C=O) groups excluding carboxylic acids is 1. The molecule has 0 fully saturated rings. The van der Waals surface area contributed by atoms with E-state index >= 15 is 0 Å². The van der Waals surface area contributed by atoms with Gasteiger partial charge >= 0.3 is 0 Å². The molecule has 0 spiro atoms. The van der Waals surface area contributed by atoms with Gasteiger partial charge in [0.05, 0.1) is 0 Å². The topological polar surface area (TPSA) is 46.3 Å². The summed E-state index contributed by atoms with van der Waals surface area (Å²) in [7, 11) is 0. The molecule has 0 heterocycles. The maximum atomic E-state index is 11.4. The number of amides is 1. The average Bonchev–Trinajstić information content (AvgIpc) is 2.15. The highest BCUT2D eigenvalue weighted by atomic mass is 16.1. The van der Waals surface area contributed by atoms with Crippen LogP contribution in [0.25, 0.3) is 0 Å². The number of hydrogen-bond donors (Lipinski definition) is 1. The van der Waals surface area contributed by atoms with Crippen molar-refractivity contribution in [2.75, 3.05) is 0 Å². The predicted octanol–water partition coefficient (Wildman–Crippen LogP) is 2.67. The summed E-state index contributed by atoms with van der Waals surface area (Å²) in [4.78, 5) is 13.2. The molecule has 3 nitrogen and oxygen atoms in total. The molecule has 1 unspecified atom stereocenters. The summed E-state index contributed by atoms with van der Waals surface area (Å²) in [6, 6.07) is -0.339. The number of hydrogen-bond acceptors (Lipinski definition) is 2. The zero-order valence-electron chi connectivity index (χ0n) is 10.4. The Morgan fingerprint density at radius 1 is 1.56 bits per heavy atom. The van der Waals surface area contributed by atoms with Gasteiger partial charge in [-0.1, -0.05) is 33.1 Å². The minimum Gasteiger partial charge on any atom is -0.368 e. The number of nitrogens with two attached hydrogens (primary N) is 1. The van der Waals surface area contributed by atoms with E-state index in [1.54, 1.807) is 23.3 Å².